The first-order chi connectivity index (χ1) is 8.13. The van der Waals surface area contributed by atoms with Gasteiger partial charge in [0.2, 0.25) is 6.04 Å². The molecule has 0 aliphatic rings. The molecule has 0 bridgehead atoms. The Morgan fingerprint density at radius 2 is 2.12 bits per heavy atom. The summed E-state index contributed by atoms with van der Waals surface area (Å²) in [5, 5.41) is 10.6. The number of para-hydroxylation sites is 1. The fourth-order valence-corrected chi connectivity index (χ4v) is 1.21. The van der Waals surface area contributed by atoms with Crippen LogP contribution >= 0.6 is 0 Å². The smallest absolute Gasteiger partial charge is 0.318 e. The van der Waals surface area contributed by atoms with Crippen LogP contribution < -0.4 is 4.74 Å². The fourth-order valence-electron chi connectivity index (χ4n) is 1.21. The lowest BCUT2D eigenvalue weighted by molar-refractivity contribution is -0.520. The zero-order valence-electron chi connectivity index (χ0n) is 9.04. The maximum absolute atomic E-state index is 11.4. The molecule has 1 unspecified atom stereocenters. The lowest BCUT2D eigenvalue weighted by Crippen LogP contribution is -2.25. The van der Waals surface area contributed by atoms with E-state index in [9.17, 15) is 14.9 Å². The maximum Gasteiger partial charge on any atom is 0.318 e. The van der Waals surface area contributed by atoms with Crippen molar-refractivity contribution in [2.75, 3.05) is 0 Å². The number of carbonyl (C=O) groups excluding carboxylic acids is 1. The number of rotatable bonds is 5. The summed E-state index contributed by atoms with van der Waals surface area (Å²) in [6.45, 7) is 0. The molecule has 88 valence electrons. The summed E-state index contributed by atoms with van der Waals surface area (Å²) in [6.07, 6.45) is 4.58. The minimum Gasteiger partial charge on any atom is -0.426 e. The molecule has 0 aliphatic carbocycles. The van der Waals surface area contributed by atoms with Crippen LogP contribution in [0.2, 0.25) is 0 Å². The van der Waals surface area contributed by atoms with Gasteiger partial charge in [-0.15, -0.1) is 6.42 Å². The van der Waals surface area contributed by atoms with Crippen molar-refractivity contribution >= 4 is 5.97 Å². The summed E-state index contributed by atoms with van der Waals surface area (Å²) in [4.78, 5) is 21.4. The molecule has 0 fully saturated rings. The molecule has 0 radical (unpaired) electrons. The van der Waals surface area contributed by atoms with E-state index < -0.39 is 16.9 Å². The Bertz CT molecular complexity index is 436. The summed E-state index contributed by atoms with van der Waals surface area (Å²) in [5.74, 6) is 1.87. The molecule has 1 rings (SSSR count). The first kappa shape index (κ1) is 12.7. The SMILES string of the molecule is C#CCC(CC(=O)Oc1ccccc1)[N+](=O)[O-]. The summed E-state index contributed by atoms with van der Waals surface area (Å²) in [7, 11) is 0. The minimum atomic E-state index is -1.09. The molecule has 1 aromatic carbocycles. The number of nitro groups is 1. The number of benzene rings is 1. The van der Waals surface area contributed by atoms with Gasteiger partial charge in [-0.1, -0.05) is 24.1 Å². The van der Waals surface area contributed by atoms with Crippen LogP contribution in [0.3, 0.4) is 0 Å². The van der Waals surface area contributed by atoms with Crippen LogP contribution in [0.4, 0.5) is 0 Å². The molecule has 17 heavy (non-hydrogen) atoms. The van der Waals surface area contributed by atoms with E-state index in [1.54, 1.807) is 30.3 Å². The second-order valence-electron chi connectivity index (χ2n) is 3.34. The molecular weight excluding hydrogens is 222 g/mol. The van der Waals surface area contributed by atoms with Crippen molar-refractivity contribution in [2.45, 2.75) is 18.9 Å². The molecule has 5 heteroatoms. The molecule has 0 aliphatic heterocycles. The molecule has 5 nitrogen and oxygen atoms in total. The highest BCUT2D eigenvalue weighted by Gasteiger charge is 2.24. The van der Waals surface area contributed by atoms with Crippen molar-refractivity contribution < 1.29 is 14.5 Å². The van der Waals surface area contributed by atoms with Crippen LogP contribution in [0, 0.1) is 22.5 Å². The summed E-state index contributed by atoms with van der Waals surface area (Å²) in [5.41, 5.74) is 0. The summed E-state index contributed by atoms with van der Waals surface area (Å²) >= 11 is 0. The van der Waals surface area contributed by atoms with Crippen LogP contribution in [0.1, 0.15) is 12.8 Å². The van der Waals surface area contributed by atoms with E-state index in [-0.39, 0.29) is 12.8 Å². The van der Waals surface area contributed by atoms with E-state index in [1.165, 1.54) is 0 Å². The standard InChI is InChI=1S/C12H11NO4/c1-2-6-10(13(15)16)9-12(14)17-11-7-4-3-5-8-11/h1,3-5,7-8,10H,6,9H2. The van der Waals surface area contributed by atoms with Crippen molar-refractivity contribution in [3.63, 3.8) is 0 Å². The van der Waals surface area contributed by atoms with Gasteiger partial charge in [-0.05, 0) is 12.1 Å². The second kappa shape index (κ2) is 6.28. The zero-order valence-corrected chi connectivity index (χ0v) is 9.04. The Hall–Kier alpha value is -2.35. The van der Waals surface area contributed by atoms with E-state index in [1.807, 2.05) is 0 Å². The monoisotopic (exact) mass is 233 g/mol. The number of nitrogens with zero attached hydrogens (tertiary/aromatic N) is 1. The van der Waals surface area contributed by atoms with Gasteiger partial charge in [-0.2, -0.15) is 0 Å². The van der Waals surface area contributed by atoms with Crippen LogP contribution in [-0.4, -0.2) is 16.9 Å². The van der Waals surface area contributed by atoms with E-state index >= 15 is 0 Å². The van der Waals surface area contributed by atoms with E-state index in [0.29, 0.717) is 5.75 Å². The Morgan fingerprint density at radius 1 is 1.47 bits per heavy atom. The lowest BCUT2D eigenvalue weighted by Gasteiger charge is -2.06. The summed E-state index contributed by atoms with van der Waals surface area (Å²) in [6, 6.07) is 7.29. The molecule has 1 aromatic rings. The number of terminal acetylenes is 1. The van der Waals surface area contributed by atoms with Gasteiger partial charge in [-0.25, -0.2) is 0 Å². The Labute approximate surface area is 98.5 Å². The first-order valence-corrected chi connectivity index (χ1v) is 4.96. The third-order valence-electron chi connectivity index (χ3n) is 2.03. The van der Waals surface area contributed by atoms with Gasteiger partial charge in [0.25, 0.3) is 0 Å². The molecule has 0 heterocycles. The molecule has 0 aromatic heterocycles. The fraction of sp³-hybridized carbons (Fsp3) is 0.250. The van der Waals surface area contributed by atoms with Gasteiger partial charge < -0.3 is 4.74 Å². The molecular formula is C12H11NO4. The number of hydrogen-bond acceptors (Lipinski definition) is 4. The highest BCUT2D eigenvalue weighted by Crippen LogP contribution is 2.11. The predicted octanol–water partition coefficient (Wildman–Crippen LogP) is 1.65. The van der Waals surface area contributed by atoms with E-state index in [2.05, 4.69) is 5.92 Å². The Kier molecular flexibility index (Phi) is 4.70. The van der Waals surface area contributed by atoms with Crippen LogP contribution in [0.15, 0.2) is 30.3 Å². The largest absolute Gasteiger partial charge is 0.426 e. The maximum atomic E-state index is 11.4. The van der Waals surface area contributed by atoms with Crippen molar-refractivity contribution in [3.05, 3.63) is 40.4 Å². The van der Waals surface area contributed by atoms with Crippen molar-refractivity contribution in [3.8, 4) is 18.1 Å². The van der Waals surface area contributed by atoms with Gasteiger partial charge in [-0.3, -0.25) is 14.9 Å². The van der Waals surface area contributed by atoms with Crippen LogP contribution in [-0.2, 0) is 4.79 Å². The highest BCUT2D eigenvalue weighted by atomic mass is 16.6. The van der Waals surface area contributed by atoms with Gasteiger partial charge in [0.1, 0.15) is 12.2 Å². The van der Waals surface area contributed by atoms with Gasteiger partial charge in [0.15, 0.2) is 0 Å². The quantitative estimate of drug-likeness (QED) is 0.255. The number of ether oxygens (including phenoxy) is 1. The topological polar surface area (TPSA) is 69.4 Å². The number of carbonyl (C=O) groups is 1. The molecule has 0 saturated carbocycles. The molecule has 0 amide bonds. The van der Waals surface area contributed by atoms with Crippen molar-refractivity contribution in [2.24, 2.45) is 0 Å². The van der Waals surface area contributed by atoms with Crippen molar-refractivity contribution in [1.29, 1.82) is 0 Å². The van der Waals surface area contributed by atoms with Crippen LogP contribution in [0.25, 0.3) is 0 Å². The highest BCUT2D eigenvalue weighted by molar-refractivity contribution is 5.72. The van der Waals surface area contributed by atoms with Gasteiger partial charge in [0.05, 0.1) is 6.42 Å². The zero-order chi connectivity index (χ0) is 12.7. The Balaban J connectivity index is 2.54. The minimum absolute atomic E-state index is 0.0864. The third-order valence-corrected chi connectivity index (χ3v) is 2.03. The predicted molar refractivity (Wildman–Crippen MR) is 60.9 cm³/mol. The molecule has 0 N–H and O–H groups in total. The Morgan fingerprint density at radius 3 is 2.65 bits per heavy atom. The van der Waals surface area contributed by atoms with Crippen molar-refractivity contribution in [1.82, 2.24) is 0 Å². The van der Waals surface area contributed by atoms with E-state index in [4.69, 9.17) is 11.2 Å². The second-order valence-corrected chi connectivity index (χ2v) is 3.34. The average molecular weight is 233 g/mol. The molecule has 0 saturated heterocycles. The van der Waals surface area contributed by atoms with E-state index in [0.717, 1.165) is 0 Å². The number of esters is 1. The summed E-state index contributed by atoms with van der Waals surface area (Å²) < 4.78 is 4.93. The van der Waals surface area contributed by atoms with Gasteiger partial charge >= 0.3 is 5.97 Å². The first-order valence-electron chi connectivity index (χ1n) is 4.96. The van der Waals surface area contributed by atoms with Crippen LogP contribution in [0.5, 0.6) is 5.75 Å². The molecule has 1 atom stereocenters. The molecule has 0 spiro atoms. The normalized spacial score (nSPS) is 11.2. The van der Waals surface area contributed by atoms with Gasteiger partial charge in [0, 0.05) is 4.92 Å². The third kappa shape index (κ3) is 4.34. The lowest BCUT2D eigenvalue weighted by atomic mass is 10.1. The number of hydrogen-bond donors (Lipinski definition) is 0. The average Bonchev–Trinajstić information content (AvgIpc) is 2.29.